The van der Waals surface area contributed by atoms with Crippen LogP contribution in [0.1, 0.15) is 0 Å². The fourth-order valence-corrected chi connectivity index (χ4v) is 1.53. The maximum atomic E-state index is 5.31. The molecule has 0 aliphatic heterocycles. The minimum absolute atomic E-state index is 0.492. The van der Waals surface area contributed by atoms with Crippen molar-refractivity contribution < 1.29 is 14.2 Å². The maximum Gasteiger partial charge on any atom is 0.164 e. The van der Waals surface area contributed by atoms with E-state index in [1.807, 2.05) is 18.0 Å². The van der Waals surface area contributed by atoms with Gasteiger partial charge in [-0.05, 0) is 0 Å². The average molecular weight is 241 g/mol. The molecule has 17 heavy (non-hydrogen) atoms. The molecule has 96 valence electrons. The van der Waals surface area contributed by atoms with Crippen LogP contribution >= 0.6 is 0 Å². The second-order valence-electron chi connectivity index (χ2n) is 3.44. The van der Waals surface area contributed by atoms with Gasteiger partial charge in [0.2, 0.25) is 0 Å². The molecule has 3 N–H and O–H groups in total. The molecule has 0 aliphatic carbocycles. The molecule has 0 saturated heterocycles. The van der Waals surface area contributed by atoms with Crippen LogP contribution in [0.15, 0.2) is 12.1 Å². The minimum Gasteiger partial charge on any atom is -0.494 e. The highest BCUT2D eigenvalue weighted by molar-refractivity contribution is 5.65. The standard InChI is InChI=1S/C11H19N3O3/c1-14(7-13-12)8-5-10(16-3)11(17-4)6-9(8)15-2/h5-6,13H,7,12H2,1-4H3. The first kappa shape index (κ1) is 13.4. The van der Waals surface area contributed by atoms with Crippen molar-refractivity contribution in [1.29, 1.82) is 0 Å². The van der Waals surface area contributed by atoms with Gasteiger partial charge in [0.15, 0.2) is 11.5 Å². The first-order valence-electron chi connectivity index (χ1n) is 5.12. The van der Waals surface area contributed by atoms with E-state index in [0.29, 0.717) is 23.9 Å². The van der Waals surface area contributed by atoms with Gasteiger partial charge in [-0.2, -0.15) is 0 Å². The van der Waals surface area contributed by atoms with Crippen molar-refractivity contribution in [3.63, 3.8) is 0 Å². The molecule has 0 aliphatic rings. The maximum absolute atomic E-state index is 5.31. The van der Waals surface area contributed by atoms with Gasteiger partial charge in [0.1, 0.15) is 5.75 Å². The van der Waals surface area contributed by atoms with Crippen molar-refractivity contribution in [3.8, 4) is 17.2 Å². The van der Waals surface area contributed by atoms with Gasteiger partial charge < -0.3 is 19.1 Å². The molecule has 0 saturated carbocycles. The number of nitrogens with one attached hydrogen (secondary N) is 1. The Labute approximate surface area is 101 Å². The Morgan fingerprint density at radius 1 is 1.06 bits per heavy atom. The van der Waals surface area contributed by atoms with Gasteiger partial charge in [-0.25, -0.2) is 5.43 Å². The number of hydrogen-bond donors (Lipinski definition) is 2. The minimum atomic E-state index is 0.492. The molecule has 0 atom stereocenters. The first-order chi connectivity index (χ1) is 8.17. The fraction of sp³-hybridized carbons (Fsp3) is 0.455. The van der Waals surface area contributed by atoms with E-state index in [2.05, 4.69) is 5.43 Å². The summed E-state index contributed by atoms with van der Waals surface area (Å²) in [6.45, 7) is 0.492. The molecule has 6 nitrogen and oxygen atoms in total. The van der Waals surface area contributed by atoms with Crippen LogP contribution in [-0.2, 0) is 0 Å². The van der Waals surface area contributed by atoms with Gasteiger partial charge in [0.05, 0.1) is 33.7 Å². The molecule has 1 aromatic rings. The molecule has 0 fully saturated rings. The SMILES string of the molecule is COc1cc(OC)c(N(C)CNN)cc1OC. The molecular weight excluding hydrogens is 222 g/mol. The quantitative estimate of drug-likeness (QED) is 0.431. The van der Waals surface area contributed by atoms with E-state index >= 15 is 0 Å². The Morgan fingerprint density at radius 2 is 1.59 bits per heavy atom. The Bertz CT molecular complexity index is 371. The Morgan fingerprint density at radius 3 is 2.06 bits per heavy atom. The summed E-state index contributed by atoms with van der Waals surface area (Å²) in [6, 6.07) is 3.62. The summed E-state index contributed by atoms with van der Waals surface area (Å²) in [5, 5.41) is 0. The molecule has 0 spiro atoms. The molecule has 0 heterocycles. The average Bonchev–Trinajstić information content (AvgIpc) is 2.37. The molecule has 0 aromatic heterocycles. The van der Waals surface area contributed by atoms with E-state index in [9.17, 15) is 0 Å². The van der Waals surface area contributed by atoms with E-state index in [1.165, 1.54) is 0 Å². The second kappa shape index (κ2) is 6.17. The van der Waals surface area contributed by atoms with Crippen molar-refractivity contribution in [3.05, 3.63) is 12.1 Å². The van der Waals surface area contributed by atoms with E-state index in [-0.39, 0.29) is 0 Å². The molecule has 0 amide bonds. The third-order valence-corrected chi connectivity index (χ3v) is 2.42. The van der Waals surface area contributed by atoms with Crippen molar-refractivity contribution in [2.45, 2.75) is 0 Å². The van der Waals surface area contributed by atoms with Crippen LogP contribution in [0.4, 0.5) is 5.69 Å². The highest BCUT2D eigenvalue weighted by Crippen LogP contribution is 2.39. The molecule has 0 bridgehead atoms. The van der Waals surface area contributed by atoms with Gasteiger partial charge in [-0.3, -0.25) is 5.84 Å². The van der Waals surface area contributed by atoms with Gasteiger partial charge in [-0.15, -0.1) is 0 Å². The predicted octanol–water partition coefficient (Wildman–Crippen LogP) is 0.569. The Balaban J connectivity index is 3.18. The number of ether oxygens (including phenoxy) is 3. The van der Waals surface area contributed by atoms with Crippen LogP contribution in [0, 0.1) is 0 Å². The number of hydrogen-bond acceptors (Lipinski definition) is 6. The van der Waals surface area contributed by atoms with Gasteiger partial charge >= 0.3 is 0 Å². The highest BCUT2D eigenvalue weighted by Gasteiger charge is 2.14. The fourth-order valence-electron chi connectivity index (χ4n) is 1.53. The van der Waals surface area contributed by atoms with E-state index < -0.39 is 0 Å². The predicted molar refractivity (Wildman–Crippen MR) is 66.7 cm³/mol. The zero-order valence-corrected chi connectivity index (χ0v) is 10.6. The lowest BCUT2D eigenvalue weighted by atomic mass is 10.2. The van der Waals surface area contributed by atoms with Crippen LogP contribution in [-0.4, -0.2) is 35.0 Å². The summed E-state index contributed by atoms with van der Waals surface area (Å²) in [5.74, 6) is 7.26. The van der Waals surface area contributed by atoms with E-state index in [0.717, 1.165) is 5.69 Å². The number of rotatable bonds is 6. The third kappa shape index (κ3) is 2.92. The monoisotopic (exact) mass is 241 g/mol. The van der Waals surface area contributed by atoms with Crippen LogP contribution in [0.2, 0.25) is 0 Å². The number of nitrogens with zero attached hydrogens (tertiary/aromatic N) is 1. The summed E-state index contributed by atoms with van der Waals surface area (Å²) >= 11 is 0. The summed E-state index contributed by atoms with van der Waals surface area (Å²) < 4.78 is 15.8. The zero-order chi connectivity index (χ0) is 12.8. The van der Waals surface area contributed by atoms with E-state index in [4.69, 9.17) is 20.1 Å². The zero-order valence-electron chi connectivity index (χ0n) is 10.6. The van der Waals surface area contributed by atoms with E-state index in [1.54, 1.807) is 27.4 Å². The molecule has 6 heteroatoms. The van der Waals surface area contributed by atoms with Gasteiger partial charge in [-0.1, -0.05) is 0 Å². The lowest BCUT2D eigenvalue weighted by molar-refractivity contribution is 0.349. The van der Waals surface area contributed by atoms with Crippen molar-refractivity contribution in [1.82, 2.24) is 5.43 Å². The van der Waals surface area contributed by atoms with Crippen LogP contribution in [0.25, 0.3) is 0 Å². The molecule has 0 unspecified atom stereocenters. The van der Waals surface area contributed by atoms with Crippen molar-refractivity contribution in [2.75, 3.05) is 39.9 Å². The number of methoxy groups -OCH3 is 3. The van der Waals surface area contributed by atoms with Gasteiger partial charge in [0.25, 0.3) is 0 Å². The van der Waals surface area contributed by atoms with Crippen LogP contribution in [0.3, 0.4) is 0 Å². The Kier molecular flexibility index (Phi) is 4.86. The molecular formula is C11H19N3O3. The molecule has 1 aromatic carbocycles. The summed E-state index contributed by atoms with van der Waals surface area (Å²) in [7, 11) is 6.68. The smallest absolute Gasteiger partial charge is 0.164 e. The summed E-state index contributed by atoms with van der Waals surface area (Å²) in [4.78, 5) is 1.90. The largest absolute Gasteiger partial charge is 0.494 e. The lowest BCUT2D eigenvalue weighted by Gasteiger charge is -2.22. The van der Waals surface area contributed by atoms with Gasteiger partial charge in [0, 0.05) is 19.2 Å². The second-order valence-corrected chi connectivity index (χ2v) is 3.44. The highest BCUT2D eigenvalue weighted by atomic mass is 16.5. The first-order valence-corrected chi connectivity index (χ1v) is 5.12. The van der Waals surface area contributed by atoms with Crippen LogP contribution in [0.5, 0.6) is 17.2 Å². The summed E-state index contributed by atoms with van der Waals surface area (Å²) in [6.07, 6.45) is 0. The van der Waals surface area contributed by atoms with Crippen molar-refractivity contribution in [2.24, 2.45) is 5.84 Å². The topological polar surface area (TPSA) is 69.0 Å². The lowest BCUT2D eigenvalue weighted by Crippen LogP contribution is -2.35. The summed E-state index contributed by atoms with van der Waals surface area (Å²) in [5.41, 5.74) is 3.45. The number of anilines is 1. The van der Waals surface area contributed by atoms with Crippen LogP contribution < -0.4 is 30.4 Å². The van der Waals surface area contributed by atoms with Crippen molar-refractivity contribution >= 4 is 5.69 Å². The molecule has 0 radical (unpaired) electrons. The number of hydrazine groups is 1. The molecule has 1 rings (SSSR count). The number of benzene rings is 1. The Hall–Kier alpha value is -1.66. The number of nitrogens with two attached hydrogens (primary N) is 1. The third-order valence-electron chi connectivity index (χ3n) is 2.42. The normalized spacial score (nSPS) is 9.94.